The minimum atomic E-state index is -4.00. The molecule has 1 heterocycles. The Morgan fingerprint density at radius 1 is 0.848 bits per heavy atom. The SMILES string of the molecule is O=C(CCCCCCN=C(NS(=O)(=O)c1ccc(Cl)cc1)N1CC(c2ccccc2)C(c2ccc(Cl)cc2)=N1)c1ccc(F)cc1. The number of hydrazone groups is 1. The summed E-state index contributed by atoms with van der Waals surface area (Å²) in [5.41, 5.74) is 3.18. The lowest BCUT2D eigenvalue weighted by Gasteiger charge is -2.20. The molecule has 0 bridgehead atoms. The van der Waals surface area contributed by atoms with Crippen molar-refractivity contribution >= 4 is 50.7 Å². The van der Waals surface area contributed by atoms with E-state index in [1.165, 1.54) is 48.5 Å². The third kappa shape index (κ3) is 8.81. The van der Waals surface area contributed by atoms with Gasteiger partial charge in [0.2, 0.25) is 5.96 Å². The van der Waals surface area contributed by atoms with Gasteiger partial charge in [0.05, 0.1) is 17.2 Å². The van der Waals surface area contributed by atoms with E-state index in [2.05, 4.69) is 9.71 Å². The third-order valence-electron chi connectivity index (χ3n) is 7.59. The number of hydrogen-bond acceptors (Lipinski definition) is 5. The highest BCUT2D eigenvalue weighted by atomic mass is 35.5. The highest BCUT2D eigenvalue weighted by Gasteiger charge is 2.33. The van der Waals surface area contributed by atoms with Gasteiger partial charge in [0.1, 0.15) is 5.82 Å². The Kier molecular flexibility index (Phi) is 11.2. The maximum absolute atomic E-state index is 13.4. The van der Waals surface area contributed by atoms with Gasteiger partial charge in [-0.05, 0) is 84.6 Å². The molecule has 1 N–H and O–H groups in total. The zero-order chi connectivity index (χ0) is 32.5. The van der Waals surface area contributed by atoms with E-state index in [0.717, 1.165) is 29.7 Å². The van der Waals surface area contributed by atoms with E-state index in [-0.39, 0.29) is 28.4 Å². The Morgan fingerprint density at radius 3 is 2.15 bits per heavy atom. The van der Waals surface area contributed by atoms with Crippen LogP contribution < -0.4 is 4.72 Å². The van der Waals surface area contributed by atoms with E-state index in [1.807, 2.05) is 42.5 Å². The number of ketones is 1. The molecule has 0 saturated heterocycles. The number of guanidine groups is 1. The lowest BCUT2D eigenvalue weighted by atomic mass is 9.91. The molecular formula is C35H33Cl2FN4O3S. The van der Waals surface area contributed by atoms with Crippen molar-refractivity contribution in [1.82, 2.24) is 9.73 Å². The van der Waals surface area contributed by atoms with Crippen LogP contribution in [0.1, 0.15) is 59.5 Å². The topological polar surface area (TPSA) is 91.2 Å². The summed E-state index contributed by atoms with van der Waals surface area (Å²) in [7, 11) is -4.00. The molecule has 4 aromatic carbocycles. The molecule has 0 aromatic heterocycles. The Bertz CT molecular complexity index is 1800. The molecule has 1 atom stereocenters. The molecule has 1 aliphatic rings. The normalized spacial score (nSPS) is 15.1. The van der Waals surface area contributed by atoms with Gasteiger partial charge in [-0.15, -0.1) is 0 Å². The number of benzene rings is 4. The van der Waals surface area contributed by atoms with Crippen LogP contribution in [0, 0.1) is 5.82 Å². The summed E-state index contributed by atoms with van der Waals surface area (Å²) >= 11 is 12.2. The minimum absolute atomic E-state index is 0.0201. The molecule has 0 amide bonds. The van der Waals surface area contributed by atoms with Gasteiger partial charge in [-0.2, -0.15) is 5.10 Å². The Hall–Kier alpha value is -4.05. The second kappa shape index (κ2) is 15.5. The highest BCUT2D eigenvalue weighted by Crippen LogP contribution is 2.30. The fourth-order valence-corrected chi connectivity index (χ4v) is 6.41. The van der Waals surface area contributed by atoms with Crippen molar-refractivity contribution in [3.05, 3.63) is 136 Å². The zero-order valence-electron chi connectivity index (χ0n) is 25.0. The quantitative estimate of drug-likeness (QED) is 0.0709. The fraction of sp³-hybridized carbons (Fsp3) is 0.229. The molecule has 0 aliphatic carbocycles. The number of carbonyl (C=O) groups is 1. The van der Waals surface area contributed by atoms with Crippen LogP contribution in [0.5, 0.6) is 0 Å². The van der Waals surface area contributed by atoms with Crippen LogP contribution in [0.15, 0.2) is 118 Å². The number of halogens is 3. The lowest BCUT2D eigenvalue weighted by molar-refractivity contribution is 0.0979. The second-order valence-electron chi connectivity index (χ2n) is 10.9. The predicted molar refractivity (Wildman–Crippen MR) is 182 cm³/mol. The first-order chi connectivity index (χ1) is 22.2. The molecule has 5 rings (SSSR count). The van der Waals surface area contributed by atoms with Crippen molar-refractivity contribution in [2.45, 2.75) is 42.9 Å². The van der Waals surface area contributed by atoms with Crippen molar-refractivity contribution in [3.8, 4) is 0 Å². The van der Waals surface area contributed by atoms with Crippen molar-refractivity contribution in [1.29, 1.82) is 0 Å². The van der Waals surface area contributed by atoms with Gasteiger partial charge >= 0.3 is 0 Å². The molecule has 0 spiro atoms. The molecule has 7 nitrogen and oxygen atoms in total. The number of rotatable bonds is 12. The zero-order valence-corrected chi connectivity index (χ0v) is 27.3. The van der Waals surface area contributed by atoms with Gasteiger partial charge in [0.15, 0.2) is 5.78 Å². The van der Waals surface area contributed by atoms with Gasteiger partial charge in [-0.3, -0.25) is 9.79 Å². The van der Waals surface area contributed by atoms with Crippen LogP contribution in [0.4, 0.5) is 4.39 Å². The number of nitrogens with zero attached hydrogens (tertiary/aromatic N) is 3. The summed E-state index contributed by atoms with van der Waals surface area (Å²) in [6, 6.07) is 28.8. The first kappa shape index (κ1) is 33.3. The first-order valence-electron chi connectivity index (χ1n) is 15.0. The largest absolute Gasteiger partial charge is 0.294 e. The fourth-order valence-electron chi connectivity index (χ4n) is 5.14. The number of sulfonamides is 1. The number of nitrogens with one attached hydrogen (secondary N) is 1. The molecule has 11 heteroatoms. The van der Waals surface area contributed by atoms with Crippen molar-refractivity contribution in [3.63, 3.8) is 0 Å². The number of hydrogen-bond donors (Lipinski definition) is 1. The van der Waals surface area contributed by atoms with Crippen LogP contribution in [0.3, 0.4) is 0 Å². The average molecular weight is 680 g/mol. The van der Waals surface area contributed by atoms with Crippen molar-refractivity contribution in [2.24, 2.45) is 10.1 Å². The molecule has 238 valence electrons. The highest BCUT2D eigenvalue weighted by molar-refractivity contribution is 7.90. The van der Waals surface area contributed by atoms with Crippen molar-refractivity contribution < 1.29 is 17.6 Å². The second-order valence-corrected chi connectivity index (χ2v) is 13.5. The summed E-state index contributed by atoms with van der Waals surface area (Å²) in [5.74, 6) is -0.422. The maximum Gasteiger partial charge on any atom is 0.264 e. The van der Waals surface area contributed by atoms with E-state index in [1.54, 1.807) is 17.1 Å². The van der Waals surface area contributed by atoms with E-state index in [9.17, 15) is 17.6 Å². The number of aliphatic imine (C=N–C) groups is 1. The van der Waals surface area contributed by atoms with Gasteiger partial charge in [0.25, 0.3) is 10.0 Å². The molecule has 0 saturated carbocycles. The average Bonchev–Trinajstić information content (AvgIpc) is 3.50. The molecule has 1 aliphatic heterocycles. The lowest BCUT2D eigenvalue weighted by Crippen LogP contribution is -2.41. The monoisotopic (exact) mass is 678 g/mol. The summed E-state index contributed by atoms with van der Waals surface area (Å²) in [4.78, 5) is 17.1. The minimum Gasteiger partial charge on any atom is -0.294 e. The van der Waals surface area contributed by atoms with Gasteiger partial charge < -0.3 is 0 Å². The van der Waals surface area contributed by atoms with E-state index in [4.69, 9.17) is 28.3 Å². The van der Waals surface area contributed by atoms with Gasteiger partial charge in [-0.25, -0.2) is 22.5 Å². The summed E-state index contributed by atoms with van der Waals surface area (Å²) < 4.78 is 42.7. The van der Waals surface area contributed by atoms with Crippen LogP contribution in [-0.2, 0) is 10.0 Å². The molecule has 46 heavy (non-hydrogen) atoms. The Balaban J connectivity index is 1.32. The maximum atomic E-state index is 13.4. The Labute approximate surface area is 278 Å². The van der Waals surface area contributed by atoms with E-state index >= 15 is 0 Å². The Morgan fingerprint density at radius 2 is 1.48 bits per heavy atom. The molecule has 0 radical (unpaired) electrons. The first-order valence-corrected chi connectivity index (χ1v) is 17.2. The van der Waals surface area contributed by atoms with Crippen LogP contribution in [0.25, 0.3) is 0 Å². The predicted octanol–water partition coefficient (Wildman–Crippen LogP) is 8.10. The summed E-state index contributed by atoms with van der Waals surface area (Å²) in [6.45, 7) is 0.720. The smallest absolute Gasteiger partial charge is 0.264 e. The van der Waals surface area contributed by atoms with Gasteiger partial charge in [-0.1, -0.05) is 78.5 Å². The number of Topliss-reactive ketones (excluding diaryl/α,β-unsaturated/α-hetero) is 1. The van der Waals surface area contributed by atoms with Crippen LogP contribution >= 0.6 is 23.2 Å². The third-order valence-corrected chi connectivity index (χ3v) is 9.44. The number of unbranched alkanes of at least 4 members (excludes halogenated alkanes) is 3. The standard InChI is InChI=1S/C35H33Cl2FN4O3S/c36-28-15-11-27(12-16-28)34-32(25-8-4-3-5-9-25)24-42(40-34)35(41-46(44,45)31-21-17-29(37)18-22-31)39-23-7-2-1-6-10-33(43)26-13-19-30(38)20-14-26/h3-5,8-9,11-22,32H,1-2,6-7,10,23-24H2,(H,39,41). The van der Waals surface area contributed by atoms with E-state index < -0.39 is 10.0 Å². The van der Waals surface area contributed by atoms with Crippen LogP contribution in [-0.4, -0.2) is 44.0 Å². The van der Waals surface area contributed by atoms with E-state index in [0.29, 0.717) is 48.0 Å². The summed E-state index contributed by atoms with van der Waals surface area (Å²) in [6.07, 6.45) is 3.34. The molecular weight excluding hydrogens is 646 g/mol. The number of carbonyl (C=O) groups excluding carboxylic acids is 1. The molecule has 4 aromatic rings. The van der Waals surface area contributed by atoms with Crippen molar-refractivity contribution in [2.75, 3.05) is 13.1 Å². The molecule has 1 unspecified atom stereocenters. The summed E-state index contributed by atoms with van der Waals surface area (Å²) in [5, 5.41) is 7.53. The van der Waals surface area contributed by atoms with Gasteiger partial charge in [0, 0.05) is 34.5 Å². The van der Waals surface area contributed by atoms with Crippen LogP contribution in [0.2, 0.25) is 10.0 Å². The molecule has 0 fully saturated rings.